The quantitative estimate of drug-likeness (QED) is 0.387. The molecule has 3 atom stereocenters. The third-order valence-corrected chi connectivity index (χ3v) is 2.75. The van der Waals surface area contributed by atoms with E-state index in [-0.39, 0.29) is 12.6 Å². The van der Waals surface area contributed by atoms with E-state index in [9.17, 15) is 4.79 Å². The van der Waals surface area contributed by atoms with Gasteiger partial charge in [-0.25, -0.2) is 0 Å². The van der Waals surface area contributed by atoms with E-state index >= 15 is 0 Å². The standard InChI is InChI=1S/C15H22O5/c1-6-8-9-12(18-10-17-5)14-13(11(16)7-2)19-15(3,4)20-14/h6-9,12-14H,1-2,10H2,3-5H3/b9-8-/t12-,13-,14+/m0/s1. The first-order valence-electron chi connectivity index (χ1n) is 6.37. The van der Waals surface area contributed by atoms with Gasteiger partial charge in [-0.15, -0.1) is 0 Å². The van der Waals surface area contributed by atoms with Crippen LogP contribution in [-0.4, -0.2) is 43.8 Å². The number of rotatable bonds is 8. The van der Waals surface area contributed by atoms with Crippen molar-refractivity contribution < 1.29 is 23.7 Å². The number of carbonyl (C=O) groups excluding carboxylic acids is 1. The Bertz CT molecular complexity index is 386. The van der Waals surface area contributed by atoms with E-state index < -0.39 is 24.1 Å². The normalized spacial score (nSPS) is 26.6. The fourth-order valence-corrected chi connectivity index (χ4v) is 1.96. The first-order chi connectivity index (χ1) is 9.45. The van der Waals surface area contributed by atoms with Gasteiger partial charge in [0.15, 0.2) is 17.7 Å². The van der Waals surface area contributed by atoms with Crippen LogP contribution in [-0.2, 0) is 23.7 Å². The van der Waals surface area contributed by atoms with Gasteiger partial charge >= 0.3 is 0 Å². The van der Waals surface area contributed by atoms with Gasteiger partial charge in [0.25, 0.3) is 0 Å². The van der Waals surface area contributed by atoms with Crippen LogP contribution < -0.4 is 0 Å². The topological polar surface area (TPSA) is 54.0 Å². The van der Waals surface area contributed by atoms with E-state index in [1.165, 1.54) is 13.2 Å². The summed E-state index contributed by atoms with van der Waals surface area (Å²) >= 11 is 0. The van der Waals surface area contributed by atoms with Gasteiger partial charge in [-0.05, 0) is 19.9 Å². The third-order valence-electron chi connectivity index (χ3n) is 2.75. The number of methoxy groups -OCH3 is 1. The molecule has 0 aromatic heterocycles. The molecule has 1 aliphatic rings. The van der Waals surface area contributed by atoms with Crippen LogP contribution >= 0.6 is 0 Å². The molecule has 0 amide bonds. The average Bonchev–Trinajstić information content (AvgIpc) is 2.74. The number of hydrogen-bond acceptors (Lipinski definition) is 5. The SMILES string of the molecule is C=C/C=C\[C@H](OCOC)[C@H]1OC(C)(C)O[C@H]1C(=O)C=C. The molecule has 1 fully saturated rings. The summed E-state index contributed by atoms with van der Waals surface area (Å²) < 4.78 is 21.9. The van der Waals surface area contributed by atoms with Crippen molar-refractivity contribution in [1.82, 2.24) is 0 Å². The van der Waals surface area contributed by atoms with Crippen LogP contribution in [0, 0.1) is 0 Å². The lowest BCUT2D eigenvalue weighted by atomic mass is 10.0. The van der Waals surface area contributed by atoms with Gasteiger partial charge in [0.2, 0.25) is 0 Å². The second kappa shape index (κ2) is 7.50. The van der Waals surface area contributed by atoms with Gasteiger partial charge in [0.1, 0.15) is 19.0 Å². The molecule has 0 radical (unpaired) electrons. The largest absolute Gasteiger partial charge is 0.359 e. The Labute approximate surface area is 119 Å². The Balaban J connectivity index is 2.94. The summed E-state index contributed by atoms with van der Waals surface area (Å²) in [5, 5.41) is 0. The third kappa shape index (κ3) is 4.38. The predicted molar refractivity (Wildman–Crippen MR) is 75.1 cm³/mol. The van der Waals surface area contributed by atoms with Crippen molar-refractivity contribution in [3.05, 3.63) is 37.5 Å². The summed E-state index contributed by atoms with van der Waals surface area (Å²) in [5.41, 5.74) is 0. The van der Waals surface area contributed by atoms with Crippen molar-refractivity contribution in [3.63, 3.8) is 0 Å². The summed E-state index contributed by atoms with van der Waals surface area (Å²) in [6.07, 6.45) is 4.53. The summed E-state index contributed by atoms with van der Waals surface area (Å²) in [5.74, 6) is -1.09. The summed E-state index contributed by atoms with van der Waals surface area (Å²) in [6.45, 7) is 10.7. The zero-order chi connectivity index (χ0) is 15.2. The Morgan fingerprint density at radius 3 is 2.65 bits per heavy atom. The molecule has 1 rings (SSSR count). The molecular weight excluding hydrogens is 260 g/mol. The van der Waals surface area contributed by atoms with Crippen LogP contribution in [0.2, 0.25) is 0 Å². The molecule has 5 nitrogen and oxygen atoms in total. The lowest BCUT2D eigenvalue weighted by Crippen LogP contribution is -2.40. The highest BCUT2D eigenvalue weighted by Crippen LogP contribution is 2.32. The van der Waals surface area contributed by atoms with Crippen molar-refractivity contribution in [2.75, 3.05) is 13.9 Å². The fraction of sp³-hybridized carbons (Fsp3) is 0.533. The minimum absolute atomic E-state index is 0.0848. The minimum Gasteiger partial charge on any atom is -0.359 e. The number of ketones is 1. The first kappa shape index (κ1) is 16.8. The van der Waals surface area contributed by atoms with Crippen molar-refractivity contribution in [3.8, 4) is 0 Å². The molecule has 1 heterocycles. The molecule has 1 aliphatic heterocycles. The Kier molecular flexibility index (Phi) is 6.29. The van der Waals surface area contributed by atoms with E-state index in [0.717, 1.165) is 0 Å². The molecular formula is C15H22O5. The van der Waals surface area contributed by atoms with Crippen LogP contribution in [0.4, 0.5) is 0 Å². The number of hydrogen-bond donors (Lipinski definition) is 0. The Morgan fingerprint density at radius 2 is 2.10 bits per heavy atom. The van der Waals surface area contributed by atoms with Crippen molar-refractivity contribution in [2.45, 2.75) is 37.9 Å². The van der Waals surface area contributed by atoms with E-state index in [1.54, 1.807) is 32.1 Å². The Morgan fingerprint density at radius 1 is 1.40 bits per heavy atom. The maximum absolute atomic E-state index is 11.9. The van der Waals surface area contributed by atoms with Crippen LogP contribution in [0.3, 0.4) is 0 Å². The highest BCUT2D eigenvalue weighted by atomic mass is 16.8. The summed E-state index contributed by atoms with van der Waals surface area (Å²) in [6, 6.07) is 0. The van der Waals surface area contributed by atoms with Crippen LogP contribution in [0.1, 0.15) is 13.8 Å². The van der Waals surface area contributed by atoms with Gasteiger partial charge in [0, 0.05) is 7.11 Å². The number of carbonyl (C=O) groups is 1. The minimum atomic E-state index is -0.856. The van der Waals surface area contributed by atoms with Gasteiger partial charge in [0.05, 0.1) is 0 Å². The van der Waals surface area contributed by atoms with Gasteiger partial charge in [-0.1, -0.05) is 31.4 Å². The zero-order valence-electron chi connectivity index (χ0n) is 12.2. The molecule has 20 heavy (non-hydrogen) atoms. The van der Waals surface area contributed by atoms with Gasteiger partial charge in [-0.3, -0.25) is 4.79 Å². The van der Waals surface area contributed by atoms with E-state index in [1.807, 2.05) is 0 Å². The molecule has 1 saturated heterocycles. The molecule has 112 valence electrons. The van der Waals surface area contributed by atoms with Crippen molar-refractivity contribution >= 4 is 5.78 Å². The van der Waals surface area contributed by atoms with E-state index in [0.29, 0.717) is 0 Å². The second-order valence-corrected chi connectivity index (χ2v) is 4.79. The molecule has 0 aliphatic carbocycles. The lowest BCUT2D eigenvalue weighted by molar-refractivity contribution is -0.164. The van der Waals surface area contributed by atoms with Gasteiger partial charge in [-0.2, -0.15) is 0 Å². The molecule has 0 spiro atoms. The van der Waals surface area contributed by atoms with Crippen LogP contribution in [0.15, 0.2) is 37.5 Å². The molecule has 0 aromatic rings. The number of allylic oxidation sites excluding steroid dienone is 2. The van der Waals surface area contributed by atoms with Crippen molar-refractivity contribution in [1.29, 1.82) is 0 Å². The molecule has 0 aromatic carbocycles. The maximum Gasteiger partial charge on any atom is 0.186 e. The smallest absolute Gasteiger partial charge is 0.186 e. The van der Waals surface area contributed by atoms with E-state index in [2.05, 4.69) is 13.2 Å². The van der Waals surface area contributed by atoms with Gasteiger partial charge < -0.3 is 18.9 Å². The fourth-order valence-electron chi connectivity index (χ4n) is 1.96. The highest BCUT2D eigenvalue weighted by molar-refractivity contribution is 5.93. The summed E-state index contributed by atoms with van der Waals surface area (Å²) in [7, 11) is 1.52. The van der Waals surface area contributed by atoms with Crippen LogP contribution in [0.25, 0.3) is 0 Å². The van der Waals surface area contributed by atoms with Crippen molar-refractivity contribution in [2.24, 2.45) is 0 Å². The zero-order valence-corrected chi connectivity index (χ0v) is 12.2. The molecule has 0 N–H and O–H groups in total. The lowest BCUT2D eigenvalue weighted by Gasteiger charge is -2.23. The Hall–Kier alpha value is -1.27. The molecule has 0 unspecified atom stereocenters. The van der Waals surface area contributed by atoms with E-state index in [4.69, 9.17) is 18.9 Å². The maximum atomic E-state index is 11.9. The average molecular weight is 282 g/mol. The summed E-state index contributed by atoms with van der Waals surface area (Å²) in [4.78, 5) is 11.9. The highest BCUT2D eigenvalue weighted by Gasteiger charge is 2.47. The first-order valence-corrected chi connectivity index (χ1v) is 6.37. The molecule has 0 bridgehead atoms. The molecule has 5 heteroatoms. The predicted octanol–water partition coefficient (Wildman–Crippen LogP) is 1.99. The van der Waals surface area contributed by atoms with Crippen LogP contribution in [0.5, 0.6) is 0 Å². The second-order valence-electron chi connectivity index (χ2n) is 4.79. The molecule has 0 saturated carbocycles. The number of ether oxygens (including phenoxy) is 4. The monoisotopic (exact) mass is 282 g/mol.